The lowest BCUT2D eigenvalue weighted by Gasteiger charge is -2.20. The predicted molar refractivity (Wildman–Crippen MR) is 68.8 cm³/mol. The van der Waals surface area contributed by atoms with Crippen molar-refractivity contribution in [2.24, 2.45) is 0 Å². The summed E-state index contributed by atoms with van der Waals surface area (Å²) in [7, 11) is 0. The van der Waals surface area contributed by atoms with Crippen molar-refractivity contribution in [3.63, 3.8) is 0 Å². The number of likely N-dealkylation sites (tertiary alicyclic amines) is 1. The third-order valence-corrected chi connectivity index (χ3v) is 4.33. The Bertz CT molecular complexity index is 324. The molecule has 1 saturated heterocycles. The van der Waals surface area contributed by atoms with Crippen molar-refractivity contribution in [2.75, 3.05) is 19.6 Å². The molecule has 1 aliphatic heterocycles. The van der Waals surface area contributed by atoms with Gasteiger partial charge >= 0.3 is 0 Å². The molecule has 90 valence electrons. The van der Waals surface area contributed by atoms with Crippen LogP contribution >= 0.6 is 11.3 Å². The summed E-state index contributed by atoms with van der Waals surface area (Å²) in [6.07, 6.45) is 2.74. The first kappa shape index (κ1) is 12.0. The number of aromatic nitrogens is 1. The number of aryl methyl sites for hydroxylation is 1. The molecule has 0 aromatic carbocycles. The number of nitrogens with one attached hydrogen (secondary N) is 1. The van der Waals surface area contributed by atoms with Crippen LogP contribution in [0.15, 0.2) is 5.51 Å². The van der Waals surface area contributed by atoms with Gasteiger partial charge < -0.3 is 5.32 Å². The molecule has 16 heavy (non-hydrogen) atoms. The summed E-state index contributed by atoms with van der Waals surface area (Å²) in [5.74, 6) is 0. The first-order valence-electron chi connectivity index (χ1n) is 6.11. The Morgan fingerprint density at radius 2 is 2.50 bits per heavy atom. The molecule has 2 heterocycles. The van der Waals surface area contributed by atoms with Crippen LogP contribution in [-0.4, -0.2) is 35.6 Å². The summed E-state index contributed by atoms with van der Waals surface area (Å²) < 4.78 is 0. The predicted octanol–water partition coefficient (Wildman–Crippen LogP) is 2.03. The molecule has 1 N–H and O–H groups in total. The van der Waals surface area contributed by atoms with Crippen molar-refractivity contribution in [2.45, 2.75) is 39.3 Å². The molecule has 0 spiro atoms. The van der Waals surface area contributed by atoms with E-state index in [0.29, 0.717) is 0 Å². The highest BCUT2D eigenvalue weighted by Crippen LogP contribution is 2.15. The summed E-state index contributed by atoms with van der Waals surface area (Å²) in [6, 6.07) is 0.784. The van der Waals surface area contributed by atoms with E-state index >= 15 is 0 Å². The second-order valence-corrected chi connectivity index (χ2v) is 5.50. The van der Waals surface area contributed by atoms with E-state index in [2.05, 4.69) is 29.0 Å². The van der Waals surface area contributed by atoms with Crippen molar-refractivity contribution in [1.82, 2.24) is 15.2 Å². The average Bonchev–Trinajstić information content (AvgIpc) is 2.84. The van der Waals surface area contributed by atoms with Gasteiger partial charge in [0, 0.05) is 30.6 Å². The third kappa shape index (κ3) is 3.03. The molecule has 0 saturated carbocycles. The zero-order chi connectivity index (χ0) is 11.4. The van der Waals surface area contributed by atoms with Gasteiger partial charge in [0.2, 0.25) is 0 Å². The second kappa shape index (κ2) is 5.75. The highest BCUT2D eigenvalue weighted by Gasteiger charge is 2.18. The van der Waals surface area contributed by atoms with Crippen LogP contribution in [0.3, 0.4) is 0 Å². The van der Waals surface area contributed by atoms with Gasteiger partial charge in [-0.25, -0.2) is 4.98 Å². The van der Waals surface area contributed by atoms with Gasteiger partial charge in [-0.2, -0.15) is 0 Å². The quantitative estimate of drug-likeness (QED) is 0.797. The Morgan fingerprint density at radius 1 is 1.62 bits per heavy atom. The van der Waals surface area contributed by atoms with Crippen LogP contribution in [0.25, 0.3) is 0 Å². The van der Waals surface area contributed by atoms with E-state index in [1.165, 1.54) is 36.5 Å². The van der Waals surface area contributed by atoms with E-state index in [1.807, 2.05) is 5.51 Å². The van der Waals surface area contributed by atoms with Gasteiger partial charge in [-0.15, -0.1) is 11.3 Å². The monoisotopic (exact) mass is 239 g/mol. The minimum atomic E-state index is 0.784. The minimum Gasteiger partial charge on any atom is -0.311 e. The molecule has 0 amide bonds. The van der Waals surface area contributed by atoms with Gasteiger partial charge in [0.25, 0.3) is 0 Å². The summed E-state index contributed by atoms with van der Waals surface area (Å²) in [5, 5.41) is 3.50. The summed E-state index contributed by atoms with van der Waals surface area (Å²) >= 11 is 1.75. The Labute approximate surface area is 102 Å². The lowest BCUT2D eigenvalue weighted by atomic mass is 10.2. The van der Waals surface area contributed by atoms with Crippen molar-refractivity contribution in [3.05, 3.63) is 16.1 Å². The molecule has 1 aliphatic rings. The first-order chi connectivity index (χ1) is 7.77. The van der Waals surface area contributed by atoms with E-state index in [1.54, 1.807) is 11.3 Å². The van der Waals surface area contributed by atoms with Crippen LogP contribution in [0, 0.1) is 6.92 Å². The molecule has 1 aromatic rings. The second-order valence-electron chi connectivity index (χ2n) is 4.56. The first-order valence-corrected chi connectivity index (χ1v) is 6.99. The van der Waals surface area contributed by atoms with Gasteiger partial charge in [0.15, 0.2) is 0 Å². The Kier molecular flexibility index (Phi) is 4.32. The Morgan fingerprint density at radius 3 is 3.12 bits per heavy atom. The van der Waals surface area contributed by atoms with Gasteiger partial charge in [-0.05, 0) is 33.2 Å². The third-order valence-electron chi connectivity index (χ3n) is 3.40. The normalized spacial score (nSPS) is 21.8. The van der Waals surface area contributed by atoms with Crippen LogP contribution in [0.2, 0.25) is 0 Å². The van der Waals surface area contributed by atoms with Crippen LogP contribution in [-0.2, 0) is 6.54 Å². The summed E-state index contributed by atoms with van der Waals surface area (Å²) in [5.41, 5.74) is 3.10. The molecule has 1 atom stereocenters. The smallest absolute Gasteiger partial charge is 0.0798 e. The maximum Gasteiger partial charge on any atom is 0.0798 e. The zero-order valence-corrected chi connectivity index (χ0v) is 11.0. The fourth-order valence-corrected chi connectivity index (χ4v) is 2.99. The average molecular weight is 239 g/mol. The van der Waals surface area contributed by atoms with Gasteiger partial charge in [-0.1, -0.05) is 0 Å². The molecule has 1 unspecified atom stereocenters. The van der Waals surface area contributed by atoms with Gasteiger partial charge in [0.05, 0.1) is 11.2 Å². The van der Waals surface area contributed by atoms with E-state index in [9.17, 15) is 0 Å². The summed E-state index contributed by atoms with van der Waals surface area (Å²) in [6.45, 7) is 8.93. The van der Waals surface area contributed by atoms with Crippen LogP contribution in [0.1, 0.15) is 30.3 Å². The lowest BCUT2D eigenvalue weighted by molar-refractivity contribution is 0.268. The molecule has 1 fully saturated rings. The maximum atomic E-state index is 4.25. The van der Waals surface area contributed by atoms with Gasteiger partial charge in [0.1, 0.15) is 0 Å². The minimum absolute atomic E-state index is 0.784. The topological polar surface area (TPSA) is 28.2 Å². The molecule has 1 aromatic heterocycles. The molecule has 2 rings (SSSR count). The highest BCUT2D eigenvalue weighted by molar-refractivity contribution is 7.09. The Hall–Kier alpha value is -0.450. The zero-order valence-electron chi connectivity index (χ0n) is 10.2. The number of hydrogen-bond acceptors (Lipinski definition) is 4. The van der Waals surface area contributed by atoms with Crippen molar-refractivity contribution >= 4 is 11.3 Å². The van der Waals surface area contributed by atoms with Crippen LogP contribution < -0.4 is 5.32 Å². The number of rotatable bonds is 5. The number of nitrogens with zero attached hydrogens (tertiary/aromatic N) is 2. The summed E-state index contributed by atoms with van der Waals surface area (Å²) in [4.78, 5) is 8.20. The molecule has 4 heteroatoms. The van der Waals surface area contributed by atoms with E-state index in [-0.39, 0.29) is 0 Å². The number of hydrogen-bond donors (Lipinski definition) is 1. The molecule has 0 radical (unpaired) electrons. The number of thiazole rings is 1. The highest BCUT2D eigenvalue weighted by atomic mass is 32.1. The van der Waals surface area contributed by atoms with Crippen molar-refractivity contribution in [3.8, 4) is 0 Å². The fraction of sp³-hybridized carbons (Fsp3) is 0.750. The lowest BCUT2D eigenvalue weighted by Crippen LogP contribution is -2.34. The SMILES string of the molecule is Cc1ncsc1CNCCN1CCCC1C. The molecule has 0 aliphatic carbocycles. The van der Waals surface area contributed by atoms with Crippen LogP contribution in [0.5, 0.6) is 0 Å². The molecule has 3 nitrogen and oxygen atoms in total. The van der Waals surface area contributed by atoms with Crippen molar-refractivity contribution in [1.29, 1.82) is 0 Å². The van der Waals surface area contributed by atoms with Crippen LogP contribution in [0.4, 0.5) is 0 Å². The largest absolute Gasteiger partial charge is 0.311 e. The van der Waals surface area contributed by atoms with E-state index in [0.717, 1.165) is 19.1 Å². The van der Waals surface area contributed by atoms with Crippen molar-refractivity contribution < 1.29 is 0 Å². The molecular weight excluding hydrogens is 218 g/mol. The standard InChI is InChI=1S/C12H21N3S/c1-10-4-3-6-15(10)7-5-13-8-12-11(2)14-9-16-12/h9-10,13H,3-8H2,1-2H3. The van der Waals surface area contributed by atoms with E-state index < -0.39 is 0 Å². The molecule has 0 bridgehead atoms. The van der Waals surface area contributed by atoms with E-state index in [4.69, 9.17) is 0 Å². The Balaban J connectivity index is 1.63. The van der Waals surface area contributed by atoms with Gasteiger partial charge in [-0.3, -0.25) is 4.90 Å². The fourth-order valence-electron chi connectivity index (χ4n) is 2.25. The molecular formula is C12H21N3S. The maximum absolute atomic E-state index is 4.25.